The van der Waals surface area contributed by atoms with Crippen LogP contribution >= 0.6 is 23.2 Å². The molecule has 10 heteroatoms. The molecule has 0 fully saturated rings. The molecule has 0 spiro atoms. The molecule has 0 aromatic heterocycles. The lowest BCUT2D eigenvalue weighted by Crippen LogP contribution is -2.34. The molecule has 3 atom stereocenters. The minimum atomic E-state index is -4.74. The van der Waals surface area contributed by atoms with E-state index in [-0.39, 0.29) is 33.6 Å². The molecule has 0 saturated carbocycles. The zero-order valence-corrected chi connectivity index (χ0v) is 19.5. The van der Waals surface area contributed by atoms with Gasteiger partial charge in [0, 0.05) is 0 Å². The Labute approximate surface area is 198 Å². The van der Waals surface area contributed by atoms with E-state index < -0.39 is 41.6 Å². The third kappa shape index (κ3) is 6.84. The summed E-state index contributed by atoms with van der Waals surface area (Å²) in [5.74, 6) is -7.41. The Morgan fingerprint density at radius 3 is 2.09 bits per heavy atom. The predicted octanol–water partition coefficient (Wildman–Crippen LogP) is 7.27. The topological polar surface area (TPSA) is 66.4 Å². The molecule has 0 saturated heterocycles. The van der Waals surface area contributed by atoms with Crippen LogP contribution in [0.15, 0.2) is 36.4 Å². The van der Waals surface area contributed by atoms with Gasteiger partial charge in [-0.1, -0.05) is 56.1 Å². The molecule has 1 amide bonds. The Hall–Kier alpha value is -2.32. The molecule has 0 bridgehead atoms. The number of hydrogen-bond acceptors (Lipinski definition) is 2. The lowest BCUT2D eigenvalue weighted by atomic mass is 9.85. The number of halogens is 6. The van der Waals surface area contributed by atoms with Crippen LogP contribution in [0.5, 0.6) is 0 Å². The number of nitrogens with one attached hydrogen (secondary N) is 1. The summed E-state index contributed by atoms with van der Waals surface area (Å²) >= 11 is 11.8. The van der Waals surface area contributed by atoms with E-state index in [1.165, 1.54) is 12.1 Å². The Bertz CT molecular complexity index is 1030. The van der Waals surface area contributed by atoms with Crippen LogP contribution in [0.4, 0.5) is 23.2 Å². The van der Waals surface area contributed by atoms with E-state index in [1.807, 2.05) is 13.8 Å². The quantitative estimate of drug-likeness (QED) is 0.369. The molecule has 2 aromatic carbocycles. The number of anilines is 1. The molecule has 4 nitrogen and oxygen atoms in total. The number of alkyl halides is 3. The van der Waals surface area contributed by atoms with Crippen molar-refractivity contribution in [1.29, 1.82) is 0 Å². The highest BCUT2D eigenvalue weighted by Crippen LogP contribution is 2.40. The second kappa shape index (κ2) is 10.7. The lowest BCUT2D eigenvalue weighted by Gasteiger charge is -2.26. The zero-order chi connectivity index (χ0) is 25.1. The Morgan fingerprint density at radius 2 is 1.58 bits per heavy atom. The predicted molar refractivity (Wildman–Crippen MR) is 119 cm³/mol. The van der Waals surface area contributed by atoms with E-state index >= 15 is 0 Å². The van der Waals surface area contributed by atoms with Gasteiger partial charge < -0.3 is 10.4 Å². The number of benzene rings is 2. The third-order valence-electron chi connectivity index (χ3n) is 5.48. The molecule has 2 aromatic rings. The second-order valence-electron chi connectivity index (χ2n) is 8.16. The first-order chi connectivity index (χ1) is 15.2. The summed E-state index contributed by atoms with van der Waals surface area (Å²) < 4.78 is 54.6. The molecule has 2 rings (SSSR count). The first kappa shape index (κ1) is 26.9. The van der Waals surface area contributed by atoms with E-state index in [1.54, 1.807) is 6.07 Å². The van der Waals surface area contributed by atoms with Crippen molar-refractivity contribution in [3.63, 3.8) is 0 Å². The number of carboxylic acid groups (broad SMARTS) is 1. The molecule has 1 unspecified atom stereocenters. The average Bonchev–Trinajstić information content (AvgIpc) is 2.69. The molecule has 0 aliphatic carbocycles. The van der Waals surface area contributed by atoms with Crippen LogP contribution in [-0.4, -0.2) is 23.2 Å². The molecule has 0 radical (unpaired) electrons. The molecule has 0 aliphatic heterocycles. The summed E-state index contributed by atoms with van der Waals surface area (Å²) in [5, 5.41) is 11.4. The monoisotopic (exact) mass is 507 g/mol. The molecule has 2 N–H and O–H groups in total. The van der Waals surface area contributed by atoms with Crippen LogP contribution in [0.2, 0.25) is 10.0 Å². The van der Waals surface area contributed by atoms with Crippen molar-refractivity contribution >= 4 is 40.8 Å². The Kier molecular flexibility index (Phi) is 8.76. The van der Waals surface area contributed by atoms with Crippen LogP contribution in [0.25, 0.3) is 0 Å². The number of rotatable bonds is 8. The van der Waals surface area contributed by atoms with Gasteiger partial charge in [-0.3, -0.25) is 9.59 Å². The normalized spacial score (nSPS) is 14.6. The summed E-state index contributed by atoms with van der Waals surface area (Å²) in [7, 11) is 0. The number of carboxylic acids is 1. The maximum absolute atomic E-state index is 14.0. The Morgan fingerprint density at radius 1 is 1.00 bits per heavy atom. The lowest BCUT2D eigenvalue weighted by molar-refractivity contribution is -0.178. The fourth-order valence-corrected chi connectivity index (χ4v) is 3.85. The van der Waals surface area contributed by atoms with Crippen LogP contribution in [0.3, 0.4) is 0 Å². The number of carbonyl (C=O) groups is 2. The van der Waals surface area contributed by atoms with Gasteiger partial charge in [-0.2, -0.15) is 13.2 Å². The summed E-state index contributed by atoms with van der Waals surface area (Å²) in [6.07, 6.45) is -4.92. The van der Waals surface area contributed by atoms with Crippen molar-refractivity contribution < 1.29 is 32.3 Å². The minimum absolute atomic E-state index is 0.0315. The maximum atomic E-state index is 14.0. The van der Waals surface area contributed by atoms with Gasteiger partial charge in [-0.15, -0.1) is 0 Å². The van der Waals surface area contributed by atoms with Crippen molar-refractivity contribution in [2.75, 3.05) is 5.32 Å². The van der Waals surface area contributed by atoms with Gasteiger partial charge in [-0.05, 0) is 47.2 Å². The van der Waals surface area contributed by atoms with Crippen molar-refractivity contribution in [2.24, 2.45) is 11.8 Å². The third-order valence-corrected chi connectivity index (χ3v) is 6.11. The molecule has 180 valence electrons. The largest absolute Gasteiger partial charge is 0.481 e. The SMILES string of the molecule is CC(C)C(CC(=O)O)c1ccc(Cl)c(NC(=O)[C@H](c2ccc(Cl)c(F)c2)[C@@H](C)C(F)(F)F)c1. The van der Waals surface area contributed by atoms with Crippen molar-refractivity contribution in [3.8, 4) is 0 Å². The smallest absolute Gasteiger partial charge is 0.392 e. The highest BCUT2D eigenvalue weighted by atomic mass is 35.5. The van der Waals surface area contributed by atoms with E-state index in [9.17, 15) is 32.3 Å². The van der Waals surface area contributed by atoms with Gasteiger partial charge in [0.15, 0.2) is 0 Å². The molecule has 0 aliphatic rings. The van der Waals surface area contributed by atoms with Gasteiger partial charge in [0.25, 0.3) is 0 Å². The molecule has 33 heavy (non-hydrogen) atoms. The number of hydrogen-bond donors (Lipinski definition) is 2. The summed E-state index contributed by atoms with van der Waals surface area (Å²) in [5.41, 5.74) is 0.395. The van der Waals surface area contributed by atoms with E-state index in [4.69, 9.17) is 23.2 Å². The number of carbonyl (C=O) groups excluding carboxylic acids is 1. The van der Waals surface area contributed by atoms with Crippen LogP contribution in [0, 0.1) is 17.7 Å². The van der Waals surface area contributed by atoms with Gasteiger partial charge in [0.1, 0.15) is 5.82 Å². The zero-order valence-electron chi connectivity index (χ0n) is 18.0. The summed E-state index contributed by atoms with van der Waals surface area (Å²) in [4.78, 5) is 24.3. The summed E-state index contributed by atoms with van der Waals surface area (Å²) in [6.45, 7) is 4.49. The fraction of sp³-hybridized carbons (Fsp3) is 0.391. The van der Waals surface area contributed by atoms with Crippen LogP contribution in [0.1, 0.15) is 50.2 Å². The fourth-order valence-electron chi connectivity index (χ4n) is 3.57. The van der Waals surface area contributed by atoms with Crippen molar-refractivity contribution in [1.82, 2.24) is 0 Å². The van der Waals surface area contributed by atoms with Crippen molar-refractivity contribution in [2.45, 2.75) is 45.2 Å². The highest BCUT2D eigenvalue weighted by Gasteiger charge is 2.45. The van der Waals surface area contributed by atoms with Gasteiger partial charge in [0.2, 0.25) is 5.91 Å². The van der Waals surface area contributed by atoms with Gasteiger partial charge in [-0.25, -0.2) is 4.39 Å². The standard InChI is InChI=1S/C23H23Cl2F4NO3/c1-11(2)15(10-20(31)32)13-4-7-17(25)19(9-13)30-22(33)21(12(3)23(27,28)29)14-5-6-16(24)18(26)8-14/h4-9,11-12,15,21H,10H2,1-3H3,(H,30,33)(H,31,32)/t12-,15?,21+/m1/s1. The number of aliphatic carboxylic acids is 1. The van der Waals surface area contributed by atoms with E-state index in [0.717, 1.165) is 25.1 Å². The first-order valence-corrected chi connectivity index (χ1v) is 10.8. The number of amides is 1. The summed E-state index contributed by atoms with van der Waals surface area (Å²) in [6, 6.07) is 7.55. The van der Waals surface area contributed by atoms with Crippen LogP contribution < -0.4 is 5.32 Å². The molecule has 0 heterocycles. The molecular weight excluding hydrogens is 485 g/mol. The first-order valence-electron chi connectivity index (χ1n) is 10.1. The van der Waals surface area contributed by atoms with E-state index in [0.29, 0.717) is 5.56 Å². The van der Waals surface area contributed by atoms with Gasteiger partial charge in [0.05, 0.1) is 34.0 Å². The minimum Gasteiger partial charge on any atom is -0.481 e. The maximum Gasteiger partial charge on any atom is 0.392 e. The van der Waals surface area contributed by atoms with Crippen LogP contribution in [-0.2, 0) is 9.59 Å². The Balaban J connectivity index is 2.46. The highest BCUT2D eigenvalue weighted by molar-refractivity contribution is 6.33. The molecular formula is C23H23Cl2F4NO3. The average molecular weight is 508 g/mol. The second-order valence-corrected chi connectivity index (χ2v) is 8.97. The van der Waals surface area contributed by atoms with E-state index in [2.05, 4.69) is 5.32 Å². The van der Waals surface area contributed by atoms with Crippen molar-refractivity contribution in [3.05, 3.63) is 63.4 Å². The van der Waals surface area contributed by atoms with Gasteiger partial charge >= 0.3 is 12.1 Å².